The summed E-state index contributed by atoms with van der Waals surface area (Å²) in [4.78, 5) is 0. The SMILES string of the molecule is OC(c1ccn(Cc2ccc(Cl)c(Cl)c2)c1)C1CC1. The van der Waals surface area contributed by atoms with Crippen molar-refractivity contribution in [1.82, 2.24) is 4.57 Å². The van der Waals surface area contributed by atoms with Crippen LogP contribution in [0, 0.1) is 5.92 Å². The Labute approximate surface area is 122 Å². The zero-order valence-electron chi connectivity index (χ0n) is 10.4. The molecule has 0 aliphatic heterocycles. The summed E-state index contributed by atoms with van der Waals surface area (Å²) in [5.74, 6) is 0.459. The third-order valence-corrected chi connectivity index (χ3v) is 4.27. The minimum absolute atomic E-state index is 0.310. The Hall–Kier alpha value is -0.960. The second-order valence-electron chi connectivity index (χ2n) is 5.15. The highest BCUT2D eigenvalue weighted by atomic mass is 35.5. The zero-order chi connectivity index (χ0) is 13.4. The quantitative estimate of drug-likeness (QED) is 0.894. The van der Waals surface area contributed by atoms with Crippen molar-refractivity contribution < 1.29 is 5.11 Å². The lowest BCUT2D eigenvalue weighted by molar-refractivity contribution is 0.154. The Morgan fingerprint density at radius 1 is 1.21 bits per heavy atom. The largest absolute Gasteiger partial charge is 0.388 e. The molecule has 1 aromatic heterocycles. The number of hydrogen-bond donors (Lipinski definition) is 1. The van der Waals surface area contributed by atoms with E-state index in [1.807, 2.05) is 36.7 Å². The molecule has 1 saturated carbocycles. The van der Waals surface area contributed by atoms with Crippen LogP contribution in [0.3, 0.4) is 0 Å². The number of aliphatic hydroxyl groups is 1. The van der Waals surface area contributed by atoms with Crippen LogP contribution in [-0.2, 0) is 6.54 Å². The fraction of sp³-hybridized carbons (Fsp3) is 0.333. The minimum atomic E-state index is -0.310. The number of rotatable bonds is 4. The van der Waals surface area contributed by atoms with E-state index in [1.54, 1.807) is 0 Å². The summed E-state index contributed by atoms with van der Waals surface area (Å²) in [5.41, 5.74) is 2.10. The number of hydrogen-bond acceptors (Lipinski definition) is 1. The van der Waals surface area contributed by atoms with Gasteiger partial charge in [0.1, 0.15) is 0 Å². The molecule has 1 aliphatic carbocycles. The normalized spacial score (nSPS) is 16.6. The van der Waals surface area contributed by atoms with Gasteiger partial charge in [-0.05, 0) is 48.1 Å². The number of halogens is 2. The van der Waals surface area contributed by atoms with Crippen molar-refractivity contribution in [3.8, 4) is 0 Å². The molecule has 0 bridgehead atoms. The molecule has 3 rings (SSSR count). The third kappa shape index (κ3) is 2.97. The van der Waals surface area contributed by atoms with Crippen molar-refractivity contribution in [2.45, 2.75) is 25.5 Å². The van der Waals surface area contributed by atoms with Crippen LogP contribution in [0.15, 0.2) is 36.7 Å². The summed E-state index contributed by atoms with van der Waals surface area (Å²) in [7, 11) is 0. The maximum atomic E-state index is 10.1. The molecular formula is C15H15Cl2NO. The van der Waals surface area contributed by atoms with Crippen LogP contribution in [-0.4, -0.2) is 9.67 Å². The molecular weight excluding hydrogens is 281 g/mol. The van der Waals surface area contributed by atoms with Crippen LogP contribution >= 0.6 is 23.2 Å². The second kappa shape index (κ2) is 5.20. The first kappa shape index (κ1) is 13.0. The second-order valence-corrected chi connectivity index (χ2v) is 5.96. The van der Waals surface area contributed by atoms with Gasteiger partial charge in [0.15, 0.2) is 0 Å². The molecule has 1 unspecified atom stereocenters. The molecule has 0 spiro atoms. The molecule has 4 heteroatoms. The maximum Gasteiger partial charge on any atom is 0.0832 e. The molecule has 1 N–H and O–H groups in total. The van der Waals surface area contributed by atoms with Crippen LogP contribution in [0.1, 0.15) is 30.1 Å². The van der Waals surface area contributed by atoms with Crippen molar-refractivity contribution in [3.05, 3.63) is 57.8 Å². The predicted molar refractivity (Wildman–Crippen MR) is 77.7 cm³/mol. The van der Waals surface area contributed by atoms with Crippen LogP contribution in [0.5, 0.6) is 0 Å². The molecule has 0 amide bonds. The van der Waals surface area contributed by atoms with Crippen molar-refractivity contribution in [2.24, 2.45) is 5.92 Å². The Morgan fingerprint density at radius 3 is 2.68 bits per heavy atom. The van der Waals surface area contributed by atoms with Crippen molar-refractivity contribution in [2.75, 3.05) is 0 Å². The molecule has 0 radical (unpaired) electrons. The third-order valence-electron chi connectivity index (χ3n) is 3.53. The smallest absolute Gasteiger partial charge is 0.0832 e. The summed E-state index contributed by atoms with van der Waals surface area (Å²) >= 11 is 11.9. The lowest BCUT2D eigenvalue weighted by Crippen LogP contribution is -1.99. The number of benzene rings is 1. The highest BCUT2D eigenvalue weighted by Gasteiger charge is 2.31. The highest BCUT2D eigenvalue weighted by Crippen LogP contribution is 2.40. The van der Waals surface area contributed by atoms with Crippen LogP contribution in [0.2, 0.25) is 10.0 Å². The van der Waals surface area contributed by atoms with Crippen LogP contribution in [0.25, 0.3) is 0 Å². The average molecular weight is 296 g/mol. The van der Waals surface area contributed by atoms with E-state index in [2.05, 4.69) is 4.57 Å². The summed E-state index contributed by atoms with van der Waals surface area (Å²) in [6, 6.07) is 7.63. The summed E-state index contributed by atoms with van der Waals surface area (Å²) in [6.07, 6.45) is 5.96. The van der Waals surface area contributed by atoms with Crippen molar-refractivity contribution >= 4 is 23.2 Å². The number of aliphatic hydroxyl groups excluding tert-OH is 1. The van der Waals surface area contributed by atoms with E-state index in [4.69, 9.17) is 23.2 Å². The Morgan fingerprint density at radius 2 is 2.00 bits per heavy atom. The maximum absolute atomic E-state index is 10.1. The molecule has 1 aliphatic rings. The summed E-state index contributed by atoms with van der Waals surface area (Å²) in [6.45, 7) is 0.730. The molecule has 1 heterocycles. The van der Waals surface area contributed by atoms with E-state index in [0.717, 1.165) is 30.5 Å². The van der Waals surface area contributed by atoms with Gasteiger partial charge in [-0.2, -0.15) is 0 Å². The topological polar surface area (TPSA) is 25.2 Å². The van der Waals surface area contributed by atoms with Crippen molar-refractivity contribution in [1.29, 1.82) is 0 Å². The lowest BCUT2D eigenvalue weighted by atomic mass is 10.1. The first-order chi connectivity index (χ1) is 9.13. The van der Waals surface area contributed by atoms with Gasteiger partial charge < -0.3 is 9.67 Å². The molecule has 19 heavy (non-hydrogen) atoms. The van der Waals surface area contributed by atoms with Gasteiger partial charge in [0.25, 0.3) is 0 Å². The van der Waals surface area contributed by atoms with E-state index < -0.39 is 0 Å². The minimum Gasteiger partial charge on any atom is -0.388 e. The molecule has 1 atom stereocenters. The standard InChI is InChI=1S/C15H15Cl2NO/c16-13-4-1-10(7-14(13)17)8-18-6-5-12(9-18)15(19)11-2-3-11/h1,4-7,9,11,15,19H,2-3,8H2. The molecule has 1 fully saturated rings. The van der Waals surface area contributed by atoms with Gasteiger partial charge in [0, 0.05) is 18.9 Å². The molecule has 2 nitrogen and oxygen atoms in total. The molecule has 100 valence electrons. The molecule has 1 aromatic carbocycles. The van der Waals surface area contributed by atoms with Gasteiger partial charge in [-0.3, -0.25) is 0 Å². The monoisotopic (exact) mass is 295 g/mol. The summed E-state index contributed by atoms with van der Waals surface area (Å²) < 4.78 is 2.06. The van der Waals surface area contributed by atoms with Gasteiger partial charge in [-0.15, -0.1) is 0 Å². The fourth-order valence-electron chi connectivity index (χ4n) is 2.27. The van der Waals surface area contributed by atoms with Crippen LogP contribution < -0.4 is 0 Å². The van der Waals surface area contributed by atoms with Crippen LogP contribution in [0.4, 0.5) is 0 Å². The number of nitrogens with zero attached hydrogens (tertiary/aromatic N) is 1. The van der Waals surface area contributed by atoms with E-state index in [-0.39, 0.29) is 6.10 Å². The zero-order valence-corrected chi connectivity index (χ0v) is 11.9. The Bertz CT molecular complexity index is 590. The predicted octanol–water partition coefficient (Wildman–Crippen LogP) is 4.29. The van der Waals surface area contributed by atoms with Gasteiger partial charge in [-0.1, -0.05) is 29.3 Å². The fourth-order valence-corrected chi connectivity index (χ4v) is 2.59. The number of aromatic nitrogens is 1. The van der Waals surface area contributed by atoms with Gasteiger partial charge >= 0.3 is 0 Å². The highest BCUT2D eigenvalue weighted by molar-refractivity contribution is 6.42. The average Bonchev–Trinajstić information content (AvgIpc) is 3.14. The first-order valence-corrected chi connectivity index (χ1v) is 7.17. The van der Waals surface area contributed by atoms with E-state index in [1.165, 1.54) is 0 Å². The molecule has 2 aromatic rings. The van der Waals surface area contributed by atoms with E-state index in [0.29, 0.717) is 16.0 Å². The first-order valence-electron chi connectivity index (χ1n) is 6.41. The van der Waals surface area contributed by atoms with E-state index >= 15 is 0 Å². The van der Waals surface area contributed by atoms with E-state index in [9.17, 15) is 5.11 Å². The van der Waals surface area contributed by atoms with Crippen molar-refractivity contribution in [3.63, 3.8) is 0 Å². The lowest BCUT2D eigenvalue weighted by Gasteiger charge is -2.07. The van der Waals surface area contributed by atoms with Gasteiger partial charge in [0.05, 0.1) is 16.1 Å². The Kier molecular flexibility index (Phi) is 3.57. The Balaban J connectivity index is 1.74. The molecule has 0 saturated heterocycles. The summed E-state index contributed by atoms with van der Waals surface area (Å²) in [5, 5.41) is 11.2. The van der Waals surface area contributed by atoms with Gasteiger partial charge in [0.2, 0.25) is 0 Å². The van der Waals surface area contributed by atoms with Gasteiger partial charge in [-0.25, -0.2) is 0 Å².